The molecule has 1 unspecified atom stereocenters. The average Bonchev–Trinajstić information content (AvgIpc) is 2.56. The topological polar surface area (TPSA) is 38.0 Å². The van der Waals surface area contributed by atoms with Crippen LogP contribution in [0, 0.1) is 0 Å². The fourth-order valence-corrected chi connectivity index (χ4v) is 2.60. The molecule has 0 saturated heterocycles. The predicted molar refractivity (Wildman–Crippen MR) is 68.2 cm³/mol. The van der Waals surface area contributed by atoms with Gasteiger partial charge in [0, 0.05) is 12.3 Å². The molecule has 15 heavy (non-hydrogen) atoms. The summed E-state index contributed by atoms with van der Waals surface area (Å²) in [7, 11) is 0. The molecule has 0 aliphatic heterocycles. The van der Waals surface area contributed by atoms with Gasteiger partial charge in [0.15, 0.2) is 0 Å². The number of aliphatic hydroxyl groups excluding tert-OH is 1. The van der Waals surface area contributed by atoms with E-state index in [0.29, 0.717) is 11.0 Å². The van der Waals surface area contributed by atoms with Crippen LogP contribution in [0.25, 0.3) is 0 Å². The minimum absolute atomic E-state index is 0.450. The van der Waals surface area contributed by atoms with Crippen LogP contribution in [-0.2, 0) is 6.54 Å². The van der Waals surface area contributed by atoms with Gasteiger partial charge in [-0.3, -0.25) is 4.68 Å². The summed E-state index contributed by atoms with van der Waals surface area (Å²) in [5.74, 6) is 0.710. The molecule has 0 saturated carbocycles. The third kappa shape index (κ3) is 3.50. The van der Waals surface area contributed by atoms with E-state index in [2.05, 4.69) is 34.9 Å². The molecule has 3 nitrogen and oxygen atoms in total. The highest BCUT2D eigenvalue weighted by atomic mass is 79.9. The molecular weight excluding hydrogens is 276 g/mol. The molecule has 0 amide bonds. The van der Waals surface area contributed by atoms with E-state index in [9.17, 15) is 5.11 Å². The Balaban J connectivity index is 2.71. The molecule has 86 valence electrons. The van der Waals surface area contributed by atoms with Crippen LogP contribution in [0.1, 0.15) is 32.6 Å². The van der Waals surface area contributed by atoms with Crippen LogP contribution < -0.4 is 0 Å². The van der Waals surface area contributed by atoms with Crippen LogP contribution >= 0.6 is 27.7 Å². The number of rotatable bonds is 5. The van der Waals surface area contributed by atoms with E-state index in [0.717, 1.165) is 16.7 Å². The molecule has 1 aromatic rings. The van der Waals surface area contributed by atoms with Gasteiger partial charge in [0.1, 0.15) is 6.10 Å². The lowest BCUT2D eigenvalue weighted by Gasteiger charge is -2.14. The Hall–Kier alpha value is -0.0000000000000000555. The summed E-state index contributed by atoms with van der Waals surface area (Å²) in [6, 6.07) is 0. The van der Waals surface area contributed by atoms with Gasteiger partial charge in [-0.2, -0.15) is 16.9 Å². The normalized spacial score (nSPS) is 13.5. The van der Waals surface area contributed by atoms with Crippen LogP contribution in [0.2, 0.25) is 0 Å². The second kappa shape index (κ2) is 5.92. The molecule has 5 heteroatoms. The van der Waals surface area contributed by atoms with Gasteiger partial charge in [0.05, 0.1) is 16.4 Å². The molecule has 1 aromatic heterocycles. The minimum atomic E-state index is -0.450. The van der Waals surface area contributed by atoms with E-state index < -0.39 is 6.10 Å². The summed E-state index contributed by atoms with van der Waals surface area (Å²) in [6.07, 6.45) is 1.29. The molecule has 0 fully saturated rings. The van der Waals surface area contributed by atoms with E-state index >= 15 is 0 Å². The summed E-state index contributed by atoms with van der Waals surface area (Å²) >= 11 is 5.17. The van der Waals surface area contributed by atoms with E-state index in [1.165, 1.54) is 0 Å². The van der Waals surface area contributed by atoms with Crippen molar-refractivity contribution < 1.29 is 5.11 Å². The maximum Gasteiger partial charge on any atom is 0.106 e. The van der Waals surface area contributed by atoms with Crippen molar-refractivity contribution in [2.45, 2.75) is 38.7 Å². The Labute approximate surface area is 103 Å². The summed E-state index contributed by atoms with van der Waals surface area (Å²) in [5.41, 5.74) is 0.880. The summed E-state index contributed by atoms with van der Waals surface area (Å²) in [5, 5.41) is 14.8. The Morgan fingerprint density at radius 2 is 2.27 bits per heavy atom. The monoisotopic (exact) mass is 292 g/mol. The molecular formula is C10H17BrN2OS. The molecule has 0 aliphatic carbocycles. The maximum absolute atomic E-state index is 10.0. The van der Waals surface area contributed by atoms with Crippen molar-refractivity contribution in [3.8, 4) is 0 Å². The quantitative estimate of drug-likeness (QED) is 0.907. The number of halogens is 1. The maximum atomic E-state index is 10.0. The standard InChI is InChI=1S/C10H17BrN2OS/c1-4-13-10(8(11)5-12-13)9(14)6-15-7(2)3/h5,7,9,14H,4,6H2,1-3H3. The molecule has 1 heterocycles. The average molecular weight is 293 g/mol. The first-order chi connectivity index (χ1) is 7.06. The summed E-state index contributed by atoms with van der Waals surface area (Å²) in [4.78, 5) is 0. The van der Waals surface area contributed by atoms with Gasteiger partial charge in [-0.25, -0.2) is 0 Å². The number of aromatic nitrogens is 2. The molecule has 0 aromatic carbocycles. The van der Waals surface area contributed by atoms with E-state index in [1.807, 2.05) is 11.6 Å². The first-order valence-electron chi connectivity index (χ1n) is 5.07. The van der Waals surface area contributed by atoms with Crippen LogP contribution in [0.5, 0.6) is 0 Å². The van der Waals surface area contributed by atoms with E-state index in [-0.39, 0.29) is 0 Å². The van der Waals surface area contributed by atoms with Gasteiger partial charge < -0.3 is 5.11 Å². The summed E-state index contributed by atoms with van der Waals surface area (Å²) < 4.78 is 2.72. The largest absolute Gasteiger partial charge is 0.386 e. The number of nitrogens with zero attached hydrogens (tertiary/aromatic N) is 2. The first-order valence-corrected chi connectivity index (χ1v) is 6.91. The molecule has 1 rings (SSSR count). The second-order valence-electron chi connectivity index (χ2n) is 3.59. The molecule has 0 radical (unpaired) electrons. The van der Waals surface area contributed by atoms with Crippen molar-refractivity contribution in [2.24, 2.45) is 0 Å². The molecule has 0 aliphatic rings. The predicted octanol–water partition coefficient (Wildman–Crippen LogP) is 2.84. The van der Waals surface area contributed by atoms with Gasteiger partial charge in [0.2, 0.25) is 0 Å². The SMILES string of the molecule is CCn1ncc(Br)c1C(O)CSC(C)C. The number of thioether (sulfide) groups is 1. The third-order valence-corrected chi connectivity index (χ3v) is 3.82. The zero-order chi connectivity index (χ0) is 11.4. The van der Waals surface area contributed by atoms with Crippen molar-refractivity contribution in [3.05, 3.63) is 16.4 Å². The third-order valence-electron chi connectivity index (χ3n) is 2.04. The highest BCUT2D eigenvalue weighted by molar-refractivity contribution is 9.10. The van der Waals surface area contributed by atoms with Crippen molar-refractivity contribution in [3.63, 3.8) is 0 Å². The van der Waals surface area contributed by atoms with Gasteiger partial charge in [-0.05, 0) is 28.1 Å². The lowest BCUT2D eigenvalue weighted by Crippen LogP contribution is -2.11. The number of aryl methyl sites for hydroxylation is 1. The lowest BCUT2D eigenvalue weighted by atomic mass is 10.3. The summed E-state index contributed by atoms with van der Waals surface area (Å²) in [6.45, 7) is 7.06. The Bertz CT molecular complexity index is 314. The lowest BCUT2D eigenvalue weighted by molar-refractivity contribution is 0.191. The van der Waals surface area contributed by atoms with Crippen LogP contribution in [-0.4, -0.2) is 25.9 Å². The van der Waals surface area contributed by atoms with Gasteiger partial charge in [-0.1, -0.05) is 13.8 Å². The smallest absolute Gasteiger partial charge is 0.106 e. The fraction of sp³-hybridized carbons (Fsp3) is 0.700. The van der Waals surface area contributed by atoms with Crippen LogP contribution in [0.15, 0.2) is 10.7 Å². The molecule has 1 atom stereocenters. The first kappa shape index (κ1) is 13.1. The molecule has 1 N–H and O–H groups in total. The zero-order valence-corrected chi connectivity index (χ0v) is 11.7. The van der Waals surface area contributed by atoms with Gasteiger partial charge in [0.25, 0.3) is 0 Å². The fourth-order valence-electron chi connectivity index (χ4n) is 1.32. The zero-order valence-electron chi connectivity index (χ0n) is 9.27. The van der Waals surface area contributed by atoms with E-state index in [4.69, 9.17) is 0 Å². The second-order valence-corrected chi connectivity index (χ2v) is 6.06. The number of aliphatic hydroxyl groups is 1. The highest BCUT2D eigenvalue weighted by Gasteiger charge is 2.17. The van der Waals surface area contributed by atoms with Crippen LogP contribution in [0.3, 0.4) is 0 Å². The number of hydrogen-bond acceptors (Lipinski definition) is 3. The number of hydrogen-bond donors (Lipinski definition) is 1. The van der Waals surface area contributed by atoms with Gasteiger partial charge >= 0.3 is 0 Å². The van der Waals surface area contributed by atoms with Crippen molar-refractivity contribution in [1.82, 2.24) is 9.78 Å². The van der Waals surface area contributed by atoms with Crippen molar-refractivity contribution in [1.29, 1.82) is 0 Å². The molecule has 0 spiro atoms. The Kier molecular flexibility index (Phi) is 5.15. The highest BCUT2D eigenvalue weighted by Crippen LogP contribution is 2.27. The van der Waals surface area contributed by atoms with Crippen molar-refractivity contribution >= 4 is 27.7 Å². The molecule has 0 bridgehead atoms. The Morgan fingerprint density at radius 1 is 1.60 bits per heavy atom. The van der Waals surface area contributed by atoms with E-state index in [1.54, 1.807) is 18.0 Å². The van der Waals surface area contributed by atoms with Crippen molar-refractivity contribution in [2.75, 3.05) is 5.75 Å². The minimum Gasteiger partial charge on any atom is -0.386 e. The Morgan fingerprint density at radius 3 is 2.80 bits per heavy atom. The van der Waals surface area contributed by atoms with Crippen LogP contribution in [0.4, 0.5) is 0 Å². The van der Waals surface area contributed by atoms with Gasteiger partial charge in [-0.15, -0.1) is 0 Å².